The van der Waals surface area contributed by atoms with Crippen molar-refractivity contribution < 1.29 is 23.9 Å². The number of nitrogens with two attached hydrogens (primary N) is 1. The Morgan fingerprint density at radius 1 is 1.03 bits per heavy atom. The van der Waals surface area contributed by atoms with Crippen LogP contribution >= 0.6 is 0 Å². The Hall–Kier alpha value is -2.78. The molecule has 9 nitrogen and oxygen atoms in total. The molecule has 0 saturated carbocycles. The molecular weight excluding hydrogens is 388 g/mol. The molecule has 0 bridgehead atoms. The minimum Gasteiger partial charge on any atom is -0.378 e. The number of benzene rings is 1. The molecule has 3 aliphatic rings. The highest BCUT2D eigenvalue weighted by Gasteiger charge is 2.44. The zero-order valence-electron chi connectivity index (χ0n) is 16.8. The summed E-state index contributed by atoms with van der Waals surface area (Å²) in [5.41, 5.74) is 6.98. The first-order valence-electron chi connectivity index (χ1n) is 10.4. The number of fused-ring (bicyclic) bond motifs is 1. The molecule has 3 heterocycles. The van der Waals surface area contributed by atoms with Crippen LogP contribution in [0.2, 0.25) is 0 Å². The largest absolute Gasteiger partial charge is 0.378 e. The predicted molar refractivity (Wildman–Crippen MR) is 108 cm³/mol. The lowest BCUT2D eigenvalue weighted by molar-refractivity contribution is -0.136. The Morgan fingerprint density at radius 2 is 1.77 bits per heavy atom. The standard InChI is InChI=1S/C21H26N4O5/c22-8-1-11-30-14-6-9-24(10-7-14)13-2-3-15-16(12-13)21(29)25(20(15)28)17-4-5-18(26)23-19(17)27/h2-3,12,14,17H,1,4-11,22H2,(H,23,26,27). The van der Waals surface area contributed by atoms with Crippen molar-refractivity contribution in [1.82, 2.24) is 10.2 Å². The maximum absolute atomic E-state index is 13.0. The molecule has 2 saturated heterocycles. The van der Waals surface area contributed by atoms with E-state index in [0.29, 0.717) is 24.3 Å². The first-order valence-corrected chi connectivity index (χ1v) is 10.4. The Labute approximate surface area is 174 Å². The number of carbonyl (C=O) groups excluding carboxylic acids is 4. The highest BCUT2D eigenvalue weighted by molar-refractivity contribution is 6.23. The van der Waals surface area contributed by atoms with Crippen LogP contribution in [-0.4, -0.2) is 66.9 Å². The highest BCUT2D eigenvalue weighted by atomic mass is 16.5. The van der Waals surface area contributed by atoms with E-state index in [1.54, 1.807) is 12.1 Å². The second-order valence-corrected chi connectivity index (χ2v) is 7.88. The van der Waals surface area contributed by atoms with Crippen molar-refractivity contribution in [3.63, 3.8) is 0 Å². The smallest absolute Gasteiger partial charge is 0.262 e. The van der Waals surface area contributed by atoms with Gasteiger partial charge >= 0.3 is 0 Å². The van der Waals surface area contributed by atoms with Gasteiger partial charge in [-0.05, 0) is 50.4 Å². The Bertz CT molecular complexity index is 878. The molecule has 9 heteroatoms. The van der Waals surface area contributed by atoms with Gasteiger partial charge in [0, 0.05) is 31.8 Å². The summed E-state index contributed by atoms with van der Waals surface area (Å²) in [5.74, 6) is -1.95. The van der Waals surface area contributed by atoms with Crippen LogP contribution in [0.4, 0.5) is 5.69 Å². The molecule has 3 aliphatic heterocycles. The van der Waals surface area contributed by atoms with Gasteiger partial charge in [0.15, 0.2) is 0 Å². The van der Waals surface area contributed by atoms with Gasteiger partial charge in [0.1, 0.15) is 6.04 Å². The summed E-state index contributed by atoms with van der Waals surface area (Å²) in [5, 5.41) is 2.21. The monoisotopic (exact) mass is 414 g/mol. The number of rotatable bonds is 6. The van der Waals surface area contributed by atoms with Crippen molar-refractivity contribution in [3.05, 3.63) is 29.3 Å². The van der Waals surface area contributed by atoms with Crippen molar-refractivity contribution in [2.24, 2.45) is 5.73 Å². The lowest BCUT2D eigenvalue weighted by atomic mass is 10.0. The molecule has 0 radical (unpaired) electrons. The van der Waals surface area contributed by atoms with Gasteiger partial charge < -0.3 is 15.4 Å². The molecule has 1 unspecified atom stereocenters. The number of imide groups is 2. The zero-order chi connectivity index (χ0) is 21.3. The lowest BCUT2D eigenvalue weighted by Gasteiger charge is -2.33. The van der Waals surface area contributed by atoms with E-state index in [9.17, 15) is 19.2 Å². The molecule has 1 aromatic carbocycles. The summed E-state index contributed by atoms with van der Waals surface area (Å²) in [4.78, 5) is 52.5. The maximum Gasteiger partial charge on any atom is 0.262 e. The van der Waals surface area contributed by atoms with Crippen LogP contribution in [0.3, 0.4) is 0 Å². The van der Waals surface area contributed by atoms with Crippen LogP contribution in [0.1, 0.15) is 52.8 Å². The van der Waals surface area contributed by atoms with Crippen molar-refractivity contribution >= 4 is 29.3 Å². The Balaban J connectivity index is 1.45. The van der Waals surface area contributed by atoms with Gasteiger partial charge in [0.05, 0.1) is 17.2 Å². The minimum absolute atomic E-state index is 0.108. The molecule has 1 aromatic rings. The summed E-state index contributed by atoms with van der Waals surface area (Å²) in [7, 11) is 0. The third-order valence-corrected chi connectivity index (χ3v) is 5.93. The van der Waals surface area contributed by atoms with Gasteiger partial charge in [0.2, 0.25) is 11.8 Å². The number of hydrogen-bond donors (Lipinski definition) is 2. The van der Waals surface area contributed by atoms with Gasteiger partial charge in [-0.1, -0.05) is 0 Å². The van der Waals surface area contributed by atoms with E-state index in [-0.39, 0.29) is 24.9 Å². The van der Waals surface area contributed by atoms with Gasteiger partial charge in [-0.15, -0.1) is 0 Å². The van der Waals surface area contributed by atoms with E-state index in [1.165, 1.54) is 0 Å². The summed E-state index contributed by atoms with van der Waals surface area (Å²) >= 11 is 0. The van der Waals surface area contributed by atoms with Crippen LogP contribution < -0.4 is 16.0 Å². The molecule has 0 spiro atoms. The number of amides is 4. The topological polar surface area (TPSA) is 122 Å². The fraction of sp³-hybridized carbons (Fsp3) is 0.524. The molecule has 0 aromatic heterocycles. The number of piperidine rings is 2. The average Bonchev–Trinajstić information content (AvgIpc) is 2.99. The van der Waals surface area contributed by atoms with Gasteiger partial charge in [0.25, 0.3) is 11.8 Å². The van der Waals surface area contributed by atoms with Crippen molar-refractivity contribution in [3.8, 4) is 0 Å². The Morgan fingerprint density at radius 3 is 2.47 bits per heavy atom. The van der Waals surface area contributed by atoms with Crippen molar-refractivity contribution in [1.29, 1.82) is 0 Å². The van der Waals surface area contributed by atoms with E-state index in [4.69, 9.17) is 10.5 Å². The van der Waals surface area contributed by atoms with E-state index in [2.05, 4.69) is 10.2 Å². The quantitative estimate of drug-likeness (QED) is 0.511. The fourth-order valence-corrected chi connectivity index (χ4v) is 4.27. The van der Waals surface area contributed by atoms with Crippen LogP contribution in [0, 0.1) is 0 Å². The van der Waals surface area contributed by atoms with E-state index >= 15 is 0 Å². The third-order valence-electron chi connectivity index (χ3n) is 5.93. The SMILES string of the molecule is NCCCOC1CCN(c2ccc3c(c2)C(=O)N(C2CCC(=O)NC2=O)C3=O)CC1. The van der Waals surface area contributed by atoms with E-state index < -0.39 is 23.8 Å². The molecule has 0 aliphatic carbocycles. The van der Waals surface area contributed by atoms with Crippen LogP contribution in [0.15, 0.2) is 18.2 Å². The number of nitrogens with one attached hydrogen (secondary N) is 1. The van der Waals surface area contributed by atoms with Crippen LogP contribution in [0.5, 0.6) is 0 Å². The van der Waals surface area contributed by atoms with E-state index in [0.717, 1.165) is 42.9 Å². The van der Waals surface area contributed by atoms with Crippen LogP contribution in [0.25, 0.3) is 0 Å². The fourth-order valence-electron chi connectivity index (χ4n) is 4.27. The number of nitrogens with zero attached hydrogens (tertiary/aromatic N) is 2. The van der Waals surface area contributed by atoms with Crippen molar-refractivity contribution in [2.45, 2.75) is 44.2 Å². The second kappa shape index (κ2) is 8.53. The first kappa shape index (κ1) is 20.5. The zero-order valence-corrected chi connectivity index (χ0v) is 16.8. The molecule has 160 valence electrons. The highest BCUT2D eigenvalue weighted by Crippen LogP contribution is 2.31. The molecule has 30 heavy (non-hydrogen) atoms. The summed E-state index contributed by atoms with van der Waals surface area (Å²) in [6.07, 6.45) is 3.10. The number of carbonyl (C=O) groups is 4. The molecular formula is C21H26N4O5. The first-order chi connectivity index (χ1) is 14.5. The summed E-state index contributed by atoms with van der Waals surface area (Å²) < 4.78 is 5.84. The van der Waals surface area contributed by atoms with Gasteiger partial charge in [-0.2, -0.15) is 0 Å². The lowest BCUT2D eigenvalue weighted by Crippen LogP contribution is -2.54. The summed E-state index contributed by atoms with van der Waals surface area (Å²) in [6.45, 7) is 2.89. The van der Waals surface area contributed by atoms with Gasteiger partial charge in [-0.25, -0.2) is 0 Å². The van der Waals surface area contributed by atoms with Gasteiger partial charge in [-0.3, -0.25) is 29.4 Å². The summed E-state index contributed by atoms with van der Waals surface area (Å²) in [6, 6.07) is 4.28. The van der Waals surface area contributed by atoms with Crippen LogP contribution in [-0.2, 0) is 14.3 Å². The molecule has 4 amide bonds. The minimum atomic E-state index is -0.944. The Kier molecular flexibility index (Phi) is 5.83. The second-order valence-electron chi connectivity index (χ2n) is 7.88. The molecule has 1 atom stereocenters. The maximum atomic E-state index is 13.0. The average molecular weight is 414 g/mol. The van der Waals surface area contributed by atoms with E-state index in [1.807, 2.05) is 6.07 Å². The number of anilines is 1. The molecule has 4 rings (SSSR count). The third kappa shape index (κ3) is 3.82. The normalized spacial score (nSPS) is 22.5. The van der Waals surface area contributed by atoms with Crippen molar-refractivity contribution in [2.75, 3.05) is 31.1 Å². The predicted octanol–water partition coefficient (Wildman–Crippen LogP) is 0.422. The number of hydrogen-bond acceptors (Lipinski definition) is 7. The number of ether oxygens (including phenoxy) is 1. The molecule has 3 N–H and O–H groups in total. The molecule has 2 fully saturated rings.